The van der Waals surface area contributed by atoms with Crippen LogP contribution in [0.1, 0.15) is 25.0 Å². The second-order valence-electron chi connectivity index (χ2n) is 2.81. The lowest BCUT2D eigenvalue weighted by atomic mass is 10.4. The van der Waals surface area contributed by atoms with Gasteiger partial charge in [0.15, 0.2) is 5.38 Å². The van der Waals surface area contributed by atoms with Crippen LogP contribution in [0.2, 0.25) is 0 Å². The highest BCUT2D eigenvalue weighted by Crippen LogP contribution is 2.28. The predicted octanol–water partition coefficient (Wildman–Crippen LogP) is 1.45. The molecule has 1 aromatic heterocycles. The smallest absolute Gasteiger partial charge is 0.361 e. The number of rotatable bonds is 4. The Morgan fingerprint density at radius 2 is 2.50 bits per heavy atom. The van der Waals surface area contributed by atoms with Crippen LogP contribution in [0.25, 0.3) is 0 Å². The minimum atomic E-state index is -0.595. The number of esters is 1. The second kappa shape index (κ2) is 5.07. The van der Waals surface area contributed by atoms with Crippen LogP contribution in [0, 0.1) is 0 Å². The van der Waals surface area contributed by atoms with Crippen molar-refractivity contribution < 1.29 is 14.6 Å². The summed E-state index contributed by atoms with van der Waals surface area (Å²) in [4.78, 5) is 15.2. The summed E-state index contributed by atoms with van der Waals surface area (Å²) in [7, 11) is -0.382. The fourth-order valence-corrected chi connectivity index (χ4v) is 2.66. The Morgan fingerprint density at radius 1 is 1.79 bits per heavy atom. The van der Waals surface area contributed by atoms with E-state index in [-0.39, 0.29) is 22.2 Å². The SMILES string of the molecule is CCOC(=O)C[s+]1ccnc1C(C)O. The topological polar surface area (TPSA) is 59.4 Å². The lowest BCUT2D eigenvalue weighted by Gasteiger charge is -1.98. The molecule has 1 heterocycles. The first kappa shape index (κ1) is 11.1. The highest BCUT2D eigenvalue weighted by Gasteiger charge is 2.23. The highest BCUT2D eigenvalue weighted by atomic mass is 32.2. The molecule has 4 nitrogen and oxygen atoms in total. The van der Waals surface area contributed by atoms with Crippen molar-refractivity contribution >= 4 is 16.4 Å². The van der Waals surface area contributed by atoms with Crippen LogP contribution in [-0.2, 0) is 15.3 Å². The number of hydrogen-bond acceptors (Lipinski definition) is 4. The van der Waals surface area contributed by atoms with Crippen molar-refractivity contribution in [3.8, 4) is 0 Å². The van der Waals surface area contributed by atoms with Crippen molar-refractivity contribution in [3.63, 3.8) is 0 Å². The molecule has 0 amide bonds. The van der Waals surface area contributed by atoms with Crippen molar-refractivity contribution in [1.29, 1.82) is 0 Å². The number of nitrogens with zero attached hydrogens (tertiary/aromatic N) is 1. The molecule has 0 saturated heterocycles. The number of carbonyl (C=O) groups excluding carboxylic acids is 1. The molecule has 0 aromatic carbocycles. The molecule has 2 atom stereocenters. The average Bonchev–Trinajstić information content (AvgIpc) is 2.52. The van der Waals surface area contributed by atoms with E-state index in [9.17, 15) is 9.90 Å². The number of thiazole rings is 1. The van der Waals surface area contributed by atoms with E-state index >= 15 is 0 Å². The molecule has 78 valence electrons. The van der Waals surface area contributed by atoms with E-state index in [1.165, 1.54) is 0 Å². The van der Waals surface area contributed by atoms with E-state index in [1.54, 1.807) is 20.0 Å². The van der Waals surface area contributed by atoms with Gasteiger partial charge in [-0.1, -0.05) is 0 Å². The normalized spacial score (nSPS) is 13.8. The van der Waals surface area contributed by atoms with Gasteiger partial charge in [0.2, 0.25) is 5.75 Å². The molecule has 0 fully saturated rings. The molecular weight excluding hydrogens is 202 g/mol. The van der Waals surface area contributed by atoms with Crippen LogP contribution in [0.3, 0.4) is 0 Å². The molecule has 0 bridgehead atoms. The zero-order valence-corrected chi connectivity index (χ0v) is 9.08. The third-order valence-corrected chi connectivity index (χ3v) is 3.61. The Bertz CT molecular complexity index is 309. The quantitative estimate of drug-likeness (QED) is 0.611. The predicted molar refractivity (Wildman–Crippen MR) is 54.0 cm³/mol. The van der Waals surface area contributed by atoms with Gasteiger partial charge in [-0.2, -0.15) is 0 Å². The third-order valence-electron chi connectivity index (χ3n) is 1.63. The van der Waals surface area contributed by atoms with Gasteiger partial charge in [0.25, 0.3) is 5.01 Å². The first-order valence-electron chi connectivity index (χ1n) is 4.43. The summed E-state index contributed by atoms with van der Waals surface area (Å²) in [5, 5.41) is 11.8. The van der Waals surface area contributed by atoms with Crippen LogP contribution >= 0.6 is 10.5 Å². The van der Waals surface area contributed by atoms with Gasteiger partial charge in [-0.25, -0.2) is 9.78 Å². The van der Waals surface area contributed by atoms with Crippen molar-refractivity contribution in [2.75, 3.05) is 6.61 Å². The van der Waals surface area contributed by atoms with Gasteiger partial charge in [-0.15, -0.1) is 0 Å². The molecule has 0 saturated carbocycles. The molecule has 1 N–H and O–H groups in total. The Labute approximate surface area is 85.5 Å². The summed E-state index contributed by atoms with van der Waals surface area (Å²) in [6, 6.07) is 0. The number of ether oxygens (including phenoxy) is 1. The molecule has 0 radical (unpaired) electrons. The summed E-state index contributed by atoms with van der Waals surface area (Å²) in [5.41, 5.74) is 0. The van der Waals surface area contributed by atoms with Gasteiger partial charge >= 0.3 is 5.97 Å². The monoisotopic (exact) mass is 216 g/mol. The Morgan fingerprint density at radius 3 is 3.07 bits per heavy atom. The Hall–Kier alpha value is -0.940. The zero-order chi connectivity index (χ0) is 10.6. The summed E-state index contributed by atoms with van der Waals surface area (Å²) in [6.07, 6.45) is 1.03. The standard InChI is InChI=1S/C9H14NO3S/c1-3-13-8(12)6-14-5-4-10-9(14)7(2)11/h4-5,7,11H,3,6H2,1-2H3/q+1. The number of aliphatic hydroxyl groups is 1. The van der Waals surface area contributed by atoms with Crippen molar-refractivity contribution in [2.45, 2.75) is 25.7 Å². The molecule has 1 aromatic rings. The summed E-state index contributed by atoms with van der Waals surface area (Å²) in [5.74, 6) is 0.0457. The average molecular weight is 216 g/mol. The summed E-state index contributed by atoms with van der Waals surface area (Å²) >= 11 is 0. The van der Waals surface area contributed by atoms with Crippen LogP contribution in [0.4, 0.5) is 0 Å². The lowest BCUT2D eigenvalue weighted by Crippen LogP contribution is -2.05. The minimum absolute atomic E-state index is 0.240. The molecule has 0 aliphatic carbocycles. The molecule has 0 spiro atoms. The molecule has 1 rings (SSSR count). The molecule has 14 heavy (non-hydrogen) atoms. The number of carbonyl (C=O) groups is 1. The maximum atomic E-state index is 11.2. The molecular formula is C9H14NO3S+. The molecule has 2 unspecified atom stereocenters. The van der Waals surface area contributed by atoms with Crippen molar-refractivity contribution in [1.82, 2.24) is 4.98 Å². The molecule has 0 aliphatic heterocycles. The number of aliphatic hydroxyl groups excluding tert-OH is 1. The largest absolute Gasteiger partial charge is 0.462 e. The van der Waals surface area contributed by atoms with Crippen LogP contribution in [0.15, 0.2) is 11.6 Å². The summed E-state index contributed by atoms with van der Waals surface area (Å²) < 4.78 is 4.83. The van der Waals surface area contributed by atoms with Gasteiger partial charge in [0.05, 0.1) is 12.8 Å². The summed E-state index contributed by atoms with van der Waals surface area (Å²) in [6.45, 7) is 3.81. The van der Waals surface area contributed by atoms with Gasteiger partial charge < -0.3 is 9.84 Å². The first-order chi connectivity index (χ1) is 6.65. The van der Waals surface area contributed by atoms with Gasteiger partial charge in [-0.3, -0.25) is 0 Å². The van der Waals surface area contributed by atoms with E-state index in [2.05, 4.69) is 4.98 Å². The van der Waals surface area contributed by atoms with Crippen LogP contribution in [-0.4, -0.2) is 22.7 Å². The fourth-order valence-electron chi connectivity index (χ4n) is 1.09. The number of hydrogen-bond donors (Lipinski definition) is 1. The lowest BCUT2D eigenvalue weighted by molar-refractivity contribution is -0.141. The van der Waals surface area contributed by atoms with Crippen LogP contribution in [0.5, 0.6) is 0 Å². The highest BCUT2D eigenvalue weighted by molar-refractivity contribution is 7.30. The maximum absolute atomic E-state index is 11.2. The van der Waals surface area contributed by atoms with Crippen LogP contribution < -0.4 is 0 Å². The van der Waals surface area contributed by atoms with Gasteiger partial charge in [0, 0.05) is 10.5 Å². The van der Waals surface area contributed by atoms with E-state index in [1.807, 2.05) is 5.38 Å². The minimum Gasteiger partial charge on any atom is -0.462 e. The Balaban J connectivity index is 2.66. The molecule has 5 heteroatoms. The fraction of sp³-hybridized carbons (Fsp3) is 0.556. The van der Waals surface area contributed by atoms with Gasteiger partial charge in [-0.05, 0) is 13.8 Å². The number of aromatic nitrogens is 1. The van der Waals surface area contributed by atoms with E-state index in [0.717, 1.165) is 0 Å². The van der Waals surface area contributed by atoms with Crippen molar-refractivity contribution in [2.24, 2.45) is 0 Å². The van der Waals surface area contributed by atoms with E-state index < -0.39 is 6.10 Å². The second-order valence-corrected chi connectivity index (χ2v) is 4.64. The van der Waals surface area contributed by atoms with E-state index in [4.69, 9.17) is 4.74 Å². The molecule has 0 aliphatic rings. The van der Waals surface area contributed by atoms with Gasteiger partial charge in [0.1, 0.15) is 6.10 Å². The third kappa shape index (κ3) is 2.78. The maximum Gasteiger partial charge on any atom is 0.361 e. The van der Waals surface area contributed by atoms with Crippen molar-refractivity contribution in [3.05, 3.63) is 16.6 Å². The zero-order valence-electron chi connectivity index (χ0n) is 8.27. The van der Waals surface area contributed by atoms with E-state index in [0.29, 0.717) is 11.6 Å². The first-order valence-corrected chi connectivity index (χ1v) is 5.88. The Kier molecular flexibility index (Phi) is 4.03.